The second-order valence-corrected chi connectivity index (χ2v) is 8.14. The number of thiophene rings is 1. The molecule has 1 fully saturated rings. The summed E-state index contributed by atoms with van der Waals surface area (Å²) in [6, 6.07) is 17.9. The fourth-order valence-electron chi connectivity index (χ4n) is 3.65. The molecule has 150 valence electrons. The van der Waals surface area contributed by atoms with Gasteiger partial charge in [0.15, 0.2) is 0 Å². The highest BCUT2D eigenvalue weighted by Crippen LogP contribution is 2.22. The number of benzene rings is 2. The molecular weight excluding hydrogens is 384 g/mol. The van der Waals surface area contributed by atoms with Crippen molar-refractivity contribution in [1.29, 1.82) is 0 Å². The summed E-state index contributed by atoms with van der Waals surface area (Å²) in [6.07, 6.45) is 1.41. The molecule has 0 bridgehead atoms. The SMILES string of the molecule is O=C(NCCOc1ccc2ccccc2c1)C1CCN(C(=O)c2cccs2)CC1. The van der Waals surface area contributed by atoms with Crippen LogP contribution in [0, 0.1) is 5.92 Å². The predicted octanol–water partition coefficient (Wildman–Crippen LogP) is 3.95. The Hall–Kier alpha value is -2.86. The molecule has 0 radical (unpaired) electrons. The molecule has 1 saturated heterocycles. The molecule has 0 spiro atoms. The number of rotatable bonds is 6. The fraction of sp³-hybridized carbons (Fsp3) is 0.304. The zero-order valence-corrected chi connectivity index (χ0v) is 17.0. The van der Waals surface area contributed by atoms with E-state index in [0.717, 1.165) is 16.0 Å². The molecule has 0 saturated carbocycles. The number of ether oxygens (including phenoxy) is 1. The third kappa shape index (κ3) is 4.77. The Morgan fingerprint density at radius 1 is 1.03 bits per heavy atom. The second kappa shape index (κ2) is 9.09. The molecule has 4 rings (SSSR count). The van der Waals surface area contributed by atoms with Crippen LogP contribution in [0.5, 0.6) is 5.75 Å². The summed E-state index contributed by atoms with van der Waals surface area (Å²) in [5.74, 6) is 0.888. The molecule has 2 aromatic carbocycles. The van der Waals surface area contributed by atoms with Crippen molar-refractivity contribution < 1.29 is 14.3 Å². The van der Waals surface area contributed by atoms with Gasteiger partial charge in [-0.15, -0.1) is 11.3 Å². The average molecular weight is 409 g/mol. The Bertz CT molecular complexity index is 979. The van der Waals surface area contributed by atoms with Crippen LogP contribution in [-0.2, 0) is 4.79 Å². The topological polar surface area (TPSA) is 58.6 Å². The first-order chi connectivity index (χ1) is 14.2. The number of fused-ring (bicyclic) bond motifs is 1. The van der Waals surface area contributed by atoms with E-state index in [1.54, 1.807) is 0 Å². The molecule has 1 N–H and O–H groups in total. The molecule has 5 nitrogen and oxygen atoms in total. The number of piperidine rings is 1. The maximum atomic E-state index is 12.4. The van der Waals surface area contributed by atoms with Crippen LogP contribution < -0.4 is 10.1 Å². The number of nitrogens with zero attached hydrogens (tertiary/aromatic N) is 1. The molecule has 0 aliphatic carbocycles. The van der Waals surface area contributed by atoms with Crippen LogP contribution in [0.2, 0.25) is 0 Å². The van der Waals surface area contributed by atoms with Crippen LogP contribution in [0.1, 0.15) is 22.5 Å². The van der Waals surface area contributed by atoms with Gasteiger partial charge >= 0.3 is 0 Å². The normalized spacial score (nSPS) is 14.7. The number of carbonyl (C=O) groups is 2. The van der Waals surface area contributed by atoms with E-state index in [-0.39, 0.29) is 17.7 Å². The third-order valence-corrected chi connectivity index (χ3v) is 6.13. The van der Waals surface area contributed by atoms with Gasteiger partial charge in [0, 0.05) is 19.0 Å². The quantitative estimate of drug-likeness (QED) is 0.629. The maximum absolute atomic E-state index is 12.4. The molecule has 2 heterocycles. The van der Waals surface area contributed by atoms with Crippen molar-refractivity contribution in [3.63, 3.8) is 0 Å². The van der Waals surface area contributed by atoms with Gasteiger partial charge in [-0.05, 0) is 47.2 Å². The van der Waals surface area contributed by atoms with E-state index in [9.17, 15) is 9.59 Å². The van der Waals surface area contributed by atoms with Crippen LogP contribution >= 0.6 is 11.3 Å². The Kier molecular flexibility index (Phi) is 6.10. The van der Waals surface area contributed by atoms with Crippen molar-refractivity contribution in [3.8, 4) is 5.75 Å². The van der Waals surface area contributed by atoms with E-state index in [0.29, 0.717) is 39.1 Å². The van der Waals surface area contributed by atoms with Crippen LogP contribution in [0.15, 0.2) is 60.0 Å². The summed E-state index contributed by atoms with van der Waals surface area (Å²) < 4.78 is 5.78. The van der Waals surface area contributed by atoms with E-state index in [1.165, 1.54) is 16.7 Å². The van der Waals surface area contributed by atoms with Crippen molar-refractivity contribution >= 4 is 33.9 Å². The Labute approximate surface area is 174 Å². The summed E-state index contributed by atoms with van der Waals surface area (Å²) >= 11 is 1.46. The van der Waals surface area contributed by atoms with E-state index in [4.69, 9.17) is 4.74 Å². The lowest BCUT2D eigenvalue weighted by Crippen LogP contribution is -2.43. The van der Waals surface area contributed by atoms with Gasteiger partial charge in [0.2, 0.25) is 5.91 Å². The minimum Gasteiger partial charge on any atom is -0.492 e. The van der Waals surface area contributed by atoms with Crippen molar-refractivity contribution in [2.75, 3.05) is 26.2 Å². The fourth-order valence-corrected chi connectivity index (χ4v) is 4.34. The zero-order valence-electron chi connectivity index (χ0n) is 16.2. The van der Waals surface area contributed by atoms with E-state index in [1.807, 2.05) is 52.7 Å². The van der Waals surface area contributed by atoms with E-state index < -0.39 is 0 Å². The number of hydrogen-bond donors (Lipinski definition) is 1. The first-order valence-electron chi connectivity index (χ1n) is 9.93. The van der Waals surface area contributed by atoms with Crippen LogP contribution in [0.4, 0.5) is 0 Å². The summed E-state index contributed by atoms with van der Waals surface area (Å²) in [5, 5.41) is 7.19. The number of hydrogen-bond acceptors (Lipinski definition) is 4. The highest BCUT2D eigenvalue weighted by Gasteiger charge is 2.27. The number of nitrogens with one attached hydrogen (secondary N) is 1. The molecule has 0 unspecified atom stereocenters. The summed E-state index contributed by atoms with van der Waals surface area (Å²) in [5.41, 5.74) is 0. The molecule has 1 aliphatic heterocycles. The highest BCUT2D eigenvalue weighted by molar-refractivity contribution is 7.12. The smallest absolute Gasteiger partial charge is 0.263 e. The lowest BCUT2D eigenvalue weighted by molar-refractivity contribution is -0.126. The second-order valence-electron chi connectivity index (χ2n) is 7.19. The Morgan fingerprint density at radius 3 is 2.59 bits per heavy atom. The molecule has 6 heteroatoms. The van der Waals surface area contributed by atoms with Gasteiger partial charge in [0.05, 0.1) is 11.4 Å². The van der Waals surface area contributed by atoms with Crippen molar-refractivity contribution in [3.05, 3.63) is 64.9 Å². The minimum absolute atomic E-state index is 0.0388. The van der Waals surface area contributed by atoms with Gasteiger partial charge in [0.25, 0.3) is 5.91 Å². The first-order valence-corrected chi connectivity index (χ1v) is 10.8. The molecule has 1 aliphatic rings. The zero-order chi connectivity index (χ0) is 20.1. The lowest BCUT2D eigenvalue weighted by atomic mass is 9.96. The summed E-state index contributed by atoms with van der Waals surface area (Å²) in [4.78, 5) is 27.4. The number of amides is 2. The summed E-state index contributed by atoms with van der Waals surface area (Å²) in [6.45, 7) is 2.16. The standard InChI is InChI=1S/C23H24N2O3S/c26-22(18-9-12-25(13-10-18)23(27)21-6-3-15-29-21)24-11-14-28-20-8-7-17-4-1-2-5-19(17)16-20/h1-8,15-16,18H,9-14H2,(H,24,26). The van der Waals surface area contributed by atoms with Gasteiger partial charge in [0.1, 0.15) is 12.4 Å². The number of likely N-dealkylation sites (tertiary alicyclic amines) is 1. The van der Waals surface area contributed by atoms with Gasteiger partial charge in [-0.1, -0.05) is 36.4 Å². The lowest BCUT2D eigenvalue weighted by Gasteiger charge is -2.31. The molecule has 1 aromatic heterocycles. The monoisotopic (exact) mass is 408 g/mol. The molecule has 3 aromatic rings. The van der Waals surface area contributed by atoms with Crippen LogP contribution in [0.3, 0.4) is 0 Å². The van der Waals surface area contributed by atoms with Crippen molar-refractivity contribution in [1.82, 2.24) is 10.2 Å². The van der Waals surface area contributed by atoms with Crippen LogP contribution in [0.25, 0.3) is 10.8 Å². The highest BCUT2D eigenvalue weighted by atomic mass is 32.1. The molecule has 0 atom stereocenters. The van der Waals surface area contributed by atoms with Gasteiger partial charge in [-0.2, -0.15) is 0 Å². The maximum Gasteiger partial charge on any atom is 0.263 e. The molecular formula is C23H24N2O3S. The molecule has 29 heavy (non-hydrogen) atoms. The average Bonchev–Trinajstić information content (AvgIpc) is 3.31. The van der Waals surface area contributed by atoms with Crippen molar-refractivity contribution in [2.45, 2.75) is 12.8 Å². The Balaban J connectivity index is 1.19. The van der Waals surface area contributed by atoms with Crippen LogP contribution in [-0.4, -0.2) is 43.0 Å². The van der Waals surface area contributed by atoms with Gasteiger partial charge in [-0.3, -0.25) is 9.59 Å². The third-order valence-electron chi connectivity index (χ3n) is 5.28. The Morgan fingerprint density at radius 2 is 1.83 bits per heavy atom. The van der Waals surface area contributed by atoms with Crippen molar-refractivity contribution in [2.24, 2.45) is 5.92 Å². The number of carbonyl (C=O) groups excluding carboxylic acids is 2. The van der Waals surface area contributed by atoms with E-state index >= 15 is 0 Å². The predicted molar refractivity (Wildman–Crippen MR) is 115 cm³/mol. The van der Waals surface area contributed by atoms with Gasteiger partial charge < -0.3 is 15.0 Å². The first kappa shape index (κ1) is 19.5. The van der Waals surface area contributed by atoms with Gasteiger partial charge in [-0.25, -0.2) is 0 Å². The molecule has 2 amide bonds. The minimum atomic E-state index is -0.0388. The summed E-state index contributed by atoms with van der Waals surface area (Å²) in [7, 11) is 0. The largest absolute Gasteiger partial charge is 0.492 e. The van der Waals surface area contributed by atoms with E-state index in [2.05, 4.69) is 17.4 Å².